The average molecular weight is 197 g/mol. The summed E-state index contributed by atoms with van der Waals surface area (Å²) >= 11 is 0. The minimum Gasteiger partial charge on any atom is -0.314 e. The van der Waals surface area contributed by atoms with Gasteiger partial charge in [0.1, 0.15) is 0 Å². The van der Waals surface area contributed by atoms with Crippen molar-refractivity contribution in [3.63, 3.8) is 0 Å². The van der Waals surface area contributed by atoms with Crippen molar-refractivity contribution in [2.75, 3.05) is 6.54 Å². The Kier molecular flexibility index (Phi) is 4.94. The van der Waals surface area contributed by atoms with Gasteiger partial charge < -0.3 is 5.32 Å². The van der Waals surface area contributed by atoms with Crippen molar-refractivity contribution in [3.8, 4) is 0 Å². The molecule has 0 radical (unpaired) electrons. The summed E-state index contributed by atoms with van der Waals surface area (Å²) in [5.41, 5.74) is 0.588. The van der Waals surface area contributed by atoms with Gasteiger partial charge in [-0.1, -0.05) is 46.5 Å². The second-order valence-electron chi connectivity index (χ2n) is 5.11. The molecular formula is C13H27N. The third-order valence-electron chi connectivity index (χ3n) is 3.86. The van der Waals surface area contributed by atoms with Crippen LogP contribution in [0.3, 0.4) is 0 Å². The van der Waals surface area contributed by atoms with E-state index in [-0.39, 0.29) is 0 Å². The SMILES string of the molecule is CCCC(NCC)C1(C)CCCCC1. The second kappa shape index (κ2) is 5.75. The van der Waals surface area contributed by atoms with Crippen LogP contribution in [0.4, 0.5) is 0 Å². The first-order chi connectivity index (χ1) is 6.73. The lowest BCUT2D eigenvalue weighted by Crippen LogP contribution is -2.44. The summed E-state index contributed by atoms with van der Waals surface area (Å²) in [6, 6.07) is 0.762. The molecule has 0 amide bonds. The van der Waals surface area contributed by atoms with Crippen LogP contribution < -0.4 is 5.32 Å². The van der Waals surface area contributed by atoms with Crippen molar-refractivity contribution in [1.82, 2.24) is 5.32 Å². The molecule has 1 N–H and O–H groups in total. The first-order valence-electron chi connectivity index (χ1n) is 6.46. The van der Waals surface area contributed by atoms with Crippen molar-refractivity contribution in [1.29, 1.82) is 0 Å². The zero-order valence-electron chi connectivity index (χ0n) is 10.2. The van der Waals surface area contributed by atoms with Gasteiger partial charge in [0.25, 0.3) is 0 Å². The summed E-state index contributed by atoms with van der Waals surface area (Å²) in [5.74, 6) is 0. The summed E-state index contributed by atoms with van der Waals surface area (Å²) in [6.07, 6.45) is 9.89. The van der Waals surface area contributed by atoms with Crippen LogP contribution in [0.1, 0.15) is 65.7 Å². The van der Waals surface area contributed by atoms with Gasteiger partial charge in [-0.15, -0.1) is 0 Å². The van der Waals surface area contributed by atoms with E-state index in [1.54, 1.807) is 0 Å². The maximum absolute atomic E-state index is 3.69. The molecule has 1 unspecified atom stereocenters. The first kappa shape index (κ1) is 12.0. The predicted octanol–water partition coefficient (Wildman–Crippen LogP) is 3.74. The van der Waals surface area contributed by atoms with E-state index in [2.05, 4.69) is 26.1 Å². The van der Waals surface area contributed by atoms with Gasteiger partial charge in [0, 0.05) is 6.04 Å². The monoisotopic (exact) mass is 197 g/mol. The Bertz CT molecular complexity index is 141. The summed E-state index contributed by atoms with van der Waals surface area (Å²) in [6.45, 7) is 8.15. The molecule has 0 bridgehead atoms. The van der Waals surface area contributed by atoms with E-state index in [1.165, 1.54) is 44.9 Å². The Morgan fingerprint density at radius 3 is 2.29 bits per heavy atom. The van der Waals surface area contributed by atoms with E-state index < -0.39 is 0 Å². The quantitative estimate of drug-likeness (QED) is 0.708. The highest BCUT2D eigenvalue weighted by molar-refractivity contribution is 4.89. The average Bonchev–Trinajstić information content (AvgIpc) is 2.19. The zero-order chi connectivity index (χ0) is 10.4. The summed E-state index contributed by atoms with van der Waals surface area (Å²) in [5, 5.41) is 3.69. The molecule has 1 fully saturated rings. The number of hydrogen-bond acceptors (Lipinski definition) is 1. The van der Waals surface area contributed by atoms with Crippen molar-refractivity contribution in [3.05, 3.63) is 0 Å². The standard InChI is InChI=1S/C13H27N/c1-4-9-12(14-5-2)13(3)10-7-6-8-11-13/h12,14H,4-11H2,1-3H3. The van der Waals surface area contributed by atoms with Crippen LogP contribution in [0.25, 0.3) is 0 Å². The molecule has 1 aliphatic carbocycles. The Morgan fingerprint density at radius 2 is 1.79 bits per heavy atom. The molecule has 1 aliphatic rings. The lowest BCUT2D eigenvalue weighted by Gasteiger charge is -2.41. The van der Waals surface area contributed by atoms with Crippen molar-refractivity contribution in [2.45, 2.75) is 71.8 Å². The molecule has 0 aromatic heterocycles. The molecule has 84 valence electrons. The summed E-state index contributed by atoms with van der Waals surface area (Å²) in [7, 11) is 0. The molecule has 1 saturated carbocycles. The van der Waals surface area contributed by atoms with E-state index >= 15 is 0 Å². The van der Waals surface area contributed by atoms with Crippen LogP contribution >= 0.6 is 0 Å². The highest BCUT2D eigenvalue weighted by Crippen LogP contribution is 2.40. The minimum atomic E-state index is 0.588. The van der Waals surface area contributed by atoms with Crippen molar-refractivity contribution in [2.24, 2.45) is 5.41 Å². The van der Waals surface area contributed by atoms with Crippen LogP contribution in [0, 0.1) is 5.41 Å². The van der Waals surface area contributed by atoms with E-state index in [4.69, 9.17) is 0 Å². The second-order valence-corrected chi connectivity index (χ2v) is 5.11. The fourth-order valence-electron chi connectivity index (χ4n) is 2.94. The maximum atomic E-state index is 3.69. The molecular weight excluding hydrogens is 170 g/mol. The maximum Gasteiger partial charge on any atom is 0.0121 e. The Labute approximate surface area is 89.7 Å². The van der Waals surface area contributed by atoms with Crippen LogP contribution in [0.5, 0.6) is 0 Å². The fourth-order valence-corrected chi connectivity index (χ4v) is 2.94. The molecule has 1 atom stereocenters. The number of nitrogens with one attached hydrogen (secondary N) is 1. The lowest BCUT2D eigenvalue weighted by atomic mass is 9.69. The van der Waals surface area contributed by atoms with E-state index in [9.17, 15) is 0 Å². The Hall–Kier alpha value is -0.0400. The Balaban J connectivity index is 2.53. The highest BCUT2D eigenvalue weighted by Gasteiger charge is 2.33. The molecule has 14 heavy (non-hydrogen) atoms. The van der Waals surface area contributed by atoms with Crippen LogP contribution in [-0.4, -0.2) is 12.6 Å². The van der Waals surface area contributed by atoms with Crippen molar-refractivity contribution >= 4 is 0 Å². The van der Waals surface area contributed by atoms with Crippen LogP contribution in [0.2, 0.25) is 0 Å². The molecule has 0 heterocycles. The van der Waals surface area contributed by atoms with Crippen LogP contribution in [-0.2, 0) is 0 Å². The zero-order valence-corrected chi connectivity index (χ0v) is 10.2. The van der Waals surface area contributed by atoms with Gasteiger partial charge in [-0.3, -0.25) is 0 Å². The molecule has 0 aliphatic heterocycles. The molecule has 1 heteroatoms. The van der Waals surface area contributed by atoms with Crippen LogP contribution in [0.15, 0.2) is 0 Å². The van der Waals surface area contributed by atoms with Gasteiger partial charge >= 0.3 is 0 Å². The van der Waals surface area contributed by atoms with Gasteiger partial charge in [-0.05, 0) is 31.2 Å². The van der Waals surface area contributed by atoms with Gasteiger partial charge in [0.2, 0.25) is 0 Å². The summed E-state index contributed by atoms with van der Waals surface area (Å²) in [4.78, 5) is 0. The third-order valence-corrected chi connectivity index (χ3v) is 3.86. The highest BCUT2D eigenvalue weighted by atomic mass is 14.9. The van der Waals surface area contributed by atoms with Gasteiger partial charge in [-0.25, -0.2) is 0 Å². The molecule has 0 aromatic carbocycles. The topological polar surface area (TPSA) is 12.0 Å². The van der Waals surface area contributed by atoms with E-state index in [1.807, 2.05) is 0 Å². The summed E-state index contributed by atoms with van der Waals surface area (Å²) < 4.78 is 0. The van der Waals surface area contributed by atoms with E-state index in [0.29, 0.717) is 5.41 Å². The molecule has 0 aromatic rings. The molecule has 0 saturated heterocycles. The number of rotatable bonds is 5. The van der Waals surface area contributed by atoms with Gasteiger partial charge in [0.15, 0.2) is 0 Å². The lowest BCUT2D eigenvalue weighted by molar-refractivity contribution is 0.138. The predicted molar refractivity (Wildman–Crippen MR) is 63.6 cm³/mol. The third kappa shape index (κ3) is 2.98. The smallest absolute Gasteiger partial charge is 0.0121 e. The van der Waals surface area contributed by atoms with Crippen molar-refractivity contribution < 1.29 is 0 Å². The van der Waals surface area contributed by atoms with Gasteiger partial charge in [0.05, 0.1) is 0 Å². The molecule has 0 spiro atoms. The minimum absolute atomic E-state index is 0.588. The largest absolute Gasteiger partial charge is 0.314 e. The first-order valence-corrected chi connectivity index (χ1v) is 6.46. The Morgan fingerprint density at radius 1 is 1.14 bits per heavy atom. The number of hydrogen-bond donors (Lipinski definition) is 1. The van der Waals surface area contributed by atoms with E-state index in [0.717, 1.165) is 12.6 Å². The molecule has 1 nitrogen and oxygen atoms in total. The molecule has 1 rings (SSSR count). The van der Waals surface area contributed by atoms with Gasteiger partial charge in [-0.2, -0.15) is 0 Å². The normalized spacial score (nSPS) is 23.4. The fraction of sp³-hybridized carbons (Fsp3) is 1.00.